The van der Waals surface area contributed by atoms with E-state index in [9.17, 15) is 9.59 Å². The van der Waals surface area contributed by atoms with Crippen molar-refractivity contribution < 1.29 is 23.8 Å². The number of unbranched alkanes of at least 4 members (excludes halogenated alkanes) is 1. The van der Waals surface area contributed by atoms with E-state index in [-0.39, 0.29) is 11.7 Å². The van der Waals surface area contributed by atoms with Crippen molar-refractivity contribution in [2.75, 3.05) is 20.8 Å². The topological polar surface area (TPSA) is 61.8 Å². The Balaban J connectivity index is 3.14. The predicted octanol–water partition coefficient (Wildman–Crippen LogP) is 3.89. The number of ketones is 1. The van der Waals surface area contributed by atoms with E-state index in [2.05, 4.69) is 0 Å². The van der Waals surface area contributed by atoms with Gasteiger partial charge in [0.25, 0.3) is 0 Å². The van der Waals surface area contributed by atoms with Crippen LogP contribution in [0.5, 0.6) is 11.5 Å². The van der Waals surface area contributed by atoms with Crippen LogP contribution < -0.4 is 9.47 Å². The molecule has 24 heavy (non-hydrogen) atoms. The van der Waals surface area contributed by atoms with Crippen LogP contribution in [-0.4, -0.2) is 32.6 Å². The summed E-state index contributed by atoms with van der Waals surface area (Å²) in [6.45, 7) is 6.29. The monoisotopic (exact) mass is 336 g/mol. The van der Waals surface area contributed by atoms with Gasteiger partial charge >= 0.3 is 5.97 Å². The Hall–Kier alpha value is -2.04. The summed E-state index contributed by atoms with van der Waals surface area (Å²) >= 11 is 0. The first kappa shape index (κ1) is 20.0. The van der Waals surface area contributed by atoms with Crippen LogP contribution in [0.2, 0.25) is 0 Å². The number of hydrogen-bond acceptors (Lipinski definition) is 5. The van der Waals surface area contributed by atoms with Gasteiger partial charge in [-0.2, -0.15) is 0 Å². The first-order valence-corrected chi connectivity index (χ1v) is 8.38. The lowest BCUT2D eigenvalue weighted by Crippen LogP contribution is -2.28. The molecule has 0 saturated heterocycles. The number of Topliss-reactive ketones (excluding diaryl/α,β-unsaturated/α-hetero) is 1. The normalized spacial score (nSPS) is 11.9. The summed E-state index contributed by atoms with van der Waals surface area (Å²) < 4.78 is 15.9. The zero-order chi connectivity index (χ0) is 18.1. The Morgan fingerprint density at radius 1 is 1.08 bits per heavy atom. The van der Waals surface area contributed by atoms with E-state index in [4.69, 9.17) is 14.2 Å². The van der Waals surface area contributed by atoms with Crippen molar-refractivity contribution in [2.45, 2.75) is 40.0 Å². The van der Waals surface area contributed by atoms with Crippen molar-refractivity contribution in [1.29, 1.82) is 0 Å². The molecule has 0 aliphatic carbocycles. The van der Waals surface area contributed by atoms with Gasteiger partial charge in [0, 0.05) is 0 Å². The molecule has 0 heterocycles. The SMILES string of the molecule is CCCCOC(=O)C(CC(C)C)C(=O)c1c(OC)cccc1OC. The number of ether oxygens (including phenoxy) is 3. The van der Waals surface area contributed by atoms with Gasteiger partial charge < -0.3 is 14.2 Å². The molecule has 5 heteroatoms. The number of esters is 1. The first-order chi connectivity index (χ1) is 11.5. The number of benzene rings is 1. The fourth-order valence-electron chi connectivity index (χ4n) is 2.47. The van der Waals surface area contributed by atoms with Gasteiger partial charge in [-0.3, -0.25) is 9.59 Å². The van der Waals surface area contributed by atoms with E-state index < -0.39 is 11.9 Å². The average Bonchev–Trinajstić information content (AvgIpc) is 2.58. The summed E-state index contributed by atoms with van der Waals surface area (Å²) in [5.41, 5.74) is 0.292. The van der Waals surface area contributed by atoms with E-state index in [1.165, 1.54) is 14.2 Å². The molecule has 1 atom stereocenters. The quantitative estimate of drug-likeness (QED) is 0.281. The molecular formula is C19H28O5. The van der Waals surface area contributed by atoms with E-state index in [1.807, 2.05) is 20.8 Å². The van der Waals surface area contributed by atoms with Gasteiger partial charge in [-0.25, -0.2) is 0 Å². The number of carbonyl (C=O) groups excluding carboxylic acids is 2. The van der Waals surface area contributed by atoms with Crippen molar-refractivity contribution in [1.82, 2.24) is 0 Å². The molecule has 0 aromatic heterocycles. The summed E-state index contributed by atoms with van der Waals surface area (Å²) in [7, 11) is 2.98. The summed E-state index contributed by atoms with van der Waals surface area (Å²) in [5, 5.41) is 0. The second-order valence-electron chi connectivity index (χ2n) is 6.10. The highest BCUT2D eigenvalue weighted by Crippen LogP contribution is 2.32. The van der Waals surface area contributed by atoms with Crippen LogP contribution in [-0.2, 0) is 9.53 Å². The minimum absolute atomic E-state index is 0.179. The maximum atomic E-state index is 13.1. The lowest BCUT2D eigenvalue weighted by atomic mass is 9.89. The molecule has 0 aliphatic heterocycles. The average molecular weight is 336 g/mol. The second kappa shape index (κ2) is 9.96. The Morgan fingerprint density at radius 3 is 2.12 bits per heavy atom. The van der Waals surface area contributed by atoms with Gasteiger partial charge in [0.05, 0.1) is 20.8 Å². The largest absolute Gasteiger partial charge is 0.496 e. The molecule has 0 fully saturated rings. The van der Waals surface area contributed by atoms with Gasteiger partial charge in [0.15, 0.2) is 5.78 Å². The van der Waals surface area contributed by atoms with E-state index >= 15 is 0 Å². The molecule has 1 unspecified atom stereocenters. The van der Waals surface area contributed by atoms with Gasteiger partial charge in [-0.05, 0) is 30.9 Å². The van der Waals surface area contributed by atoms with Gasteiger partial charge in [0.2, 0.25) is 0 Å². The summed E-state index contributed by atoms with van der Waals surface area (Å²) in [5.74, 6) is -0.677. The minimum atomic E-state index is -0.855. The van der Waals surface area contributed by atoms with E-state index in [0.717, 1.165) is 12.8 Å². The molecule has 0 amide bonds. The zero-order valence-corrected chi connectivity index (χ0v) is 15.3. The van der Waals surface area contributed by atoms with E-state index in [1.54, 1.807) is 18.2 Å². The fourth-order valence-corrected chi connectivity index (χ4v) is 2.47. The molecule has 1 rings (SSSR count). The fraction of sp³-hybridized carbons (Fsp3) is 0.579. The van der Waals surface area contributed by atoms with Crippen LogP contribution in [0.15, 0.2) is 18.2 Å². The molecule has 0 radical (unpaired) electrons. The maximum Gasteiger partial charge on any atom is 0.316 e. The Labute approximate surface area is 144 Å². The molecule has 0 N–H and O–H groups in total. The van der Waals surface area contributed by atoms with Crippen LogP contribution in [0.4, 0.5) is 0 Å². The maximum absolute atomic E-state index is 13.1. The predicted molar refractivity (Wildman–Crippen MR) is 92.7 cm³/mol. The molecule has 0 saturated carbocycles. The summed E-state index contributed by atoms with van der Waals surface area (Å²) in [6, 6.07) is 5.11. The molecule has 0 bridgehead atoms. The molecular weight excluding hydrogens is 308 g/mol. The van der Waals surface area contributed by atoms with Crippen LogP contribution in [0.25, 0.3) is 0 Å². The van der Waals surface area contributed by atoms with Gasteiger partial charge in [-0.15, -0.1) is 0 Å². The molecule has 5 nitrogen and oxygen atoms in total. The summed E-state index contributed by atoms with van der Waals surface area (Å²) in [4.78, 5) is 25.5. The van der Waals surface area contributed by atoms with Crippen LogP contribution in [0.3, 0.4) is 0 Å². The zero-order valence-electron chi connectivity index (χ0n) is 15.3. The van der Waals surface area contributed by atoms with Crippen LogP contribution in [0, 0.1) is 11.8 Å². The number of methoxy groups -OCH3 is 2. The molecule has 1 aromatic rings. The lowest BCUT2D eigenvalue weighted by Gasteiger charge is -2.19. The van der Waals surface area contributed by atoms with Crippen LogP contribution in [0.1, 0.15) is 50.4 Å². The van der Waals surface area contributed by atoms with Crippen molar-refractivity contribution >= 4 is 11.8 Å². The Bertz CT molecular complexity index is 528. The Kier molecular flexibility index (Phi) is 8.30. The highest BCUT2D eigenvalue weighted by molar-refractivity contribution is 6.11. The van der Waals surface area contributed by atoms with Crippen molar-refractivity contribution in [3.8, 4) is 11.5 Å². The Morgan fingerprint density at radius 2 is 1.67 bits per heavy atom. The number of rotatable bonds is 10. The highest BCUT2D eigenvalue weighted by atomic mass is 16.5. The lowest BCUT2D eigenvalue weighted by molar-refractivity contribution is -0.147. The standard InChI is InChI=1S/C19H28O5/c1-6-7-11-24-19(21)14(12-13(2)3)18(20)17-15(22-4)9-8-10-16(17)23-5/h8-10,13-14H,6-7,11-12H2,1-5H3. The molecule has 0 spiro atoms. The van der Waals surface area contributed by atoms with Gasteiger partial charge in [-0.1, -0.05) is 33.3 Å². The summed E-state index contributed by atoms with van der Waals surface area (Å²) in [6.07, 6.45) is 2.13. The minimum Gasteiger partial charge on any atom is -0.496 e. The van der Waals surface area contributed by atoms with E-state index in [0.29, 0.717) is 30.1 Å². The third-order valence-electron chi connectivity index (χ3n) is 3.72. The molecule has 0 aliphatic rings. The molecule has 1 aromatic carbocycles. The second-order valence-corrected chi connectivity index (χ2v) is 6.10. The molecule has 134 valence electrons. The van der Waals surface area contributed by atoms with Crippen molar-refractivity contribution in [2.24, 2.45) is 11.8 Å². The van der Waals surface area contributed by atoms with Crippen molar-refractivity contribution in [3.63, 3.8) is 0 Å². The van der Waals surface area contributed by atoms with Crippen LogP contribution >= 0.6 is 0 Å². The number of hydrogen-bond donors (Lipinski definition) is 0. The third-order valence-corrected chi connectivity index (χ3v) is 3.72. The van der Waals surface area contributed by atoms with Gasteiger partial charge in [0.1, 0.15) is 23.0 Å². The highest BCUT2D eigenvalue weighted by Gasteiger charge is 2.33. The smallest absolute Gasteiger partial charge is 0.316 e. The first-order valence-electron chi connectivity index (χ1n) is 8.38. The third kappa shape index (κ3) is 5.25. The number of carbonyl (C=O) groups is 2. The van der Waals surface area contributed by atoms with Crippen molar-refractivity contribution in [3.05, 3.63) is 23.8 Å².